The number of aromatic nitrogens is 3. The average molecular weight is 559 g/mol. The van der Waals surface area contributed by atoms with Crippen LogP contribution in [0.2, 0.25) is 5.02 Å². The second-order valence-electron chi connectivity index (χ2n) is 10.2. The molecule has 39 heavy (non-hydrogen) atoms. The number of aryl methyl sites for hydroxylation is 1. The summed E-state index contributed by atoms with van der Waals surface area (Å²) in [4.78, 5) is 14.9. The van der Waals surface area contributed by atoms with Crippen molar-refractivity contribution in [3.8, 4) is 6.07 Å². The van der Waals surface area contributed by atoms with Gasteiger partial charge < -0.3 is 25.4 Å². The Kier molecular flexibility index (Phi) is 7.26. The molecule has 0 amide bonds. The summed E-state index contributed by atoms with van der Waals surface area (Å²) in [7, 11) is 1.95. The summed E-state index contributed by atoms with van der Waals surface area (Å²) in [6.45, 7) is 4.44. The number of likely N-dealkylation sites (tertiary alicyclic amines) is 1. The molecule has 2 aliphatic heterocycles. The summed E-state index contributed by atoms with van der Waals surface area (Å²) in [5.74, 6) is 0. The molecule has 10 heteroatoms. The average Bonchev–Trinajstić information content (AvgIpc) is 3.63. The van der Waals surface area contributed by atoms with Crippen molar-refractivity contribution in [2.24, 2.45) is 7.05 Å². The number of hydrogen-bond donors (Lipinski definition) is 2. The normalized spacial score (nSPS) is 16.6. The van der Waals surface area contributed by atoms with Crippen LogP contribution >= 0.6 is 23.4 Å². The number of rotatable bonds is 6. The Bertz CT molecular complexity index is 1550. The molecule has 0 aliphatic carbocycles. The highest BCUT2D eigenvalue weighted by atomic mass is 35.5. The smallest absolute Gasteiger partial charge is 0.172 e. The van der Waals surface area contributed by atoms with Gasteiger partial charge >= 0.3 is 0 Å². The Morgan fingerprint density at radius 3 is 2.59 bits per heavy atom. The molecule has 2 aliphatic rings. The first-order valence-electron chi connectivity index (χ1n) is 13.3. The van der Waals surface area contributed by atoms with Crippen LogP contribution in [0.15, 0.2) is 59.0 Å². The fourth-order valence-electron chi connectivity index (χ4n) is 5.67. The van der Waals surface area contributed by atoms with E-state index in [1.807, 2.05) is 42.1 Å². The van der Waals surface area contributed by atoms with Crippen LogP contribution in [0.1, 0.15) is 31.2 Å². The number of pyridine rings is 1. The first kappa shape index (κ1) is 25.8. The lowest BCUT2D eigenvalue weighted by atomic mass is 10.0. The van der Waals surface area contributed by atoms with Gasteiger partial charge in [0.2, 0.25) is 0 Å². The van der Waals surface area contributed by atoms with Gasteiger partial charge in [0.05, 0.1) is 33.2 Å². The molecule has 2 aromatic heterocycles. The van der Waals surface area contributed by atoms with E-state index in [4.69, 9.17) is 17.3 Å². The van der Waals surface area contributed by atoms with Crippen molar-refractivity contribution < 1.29 is 0 Å². The molecular weight excluding hydrogens is 528 g/mol. The lowest BCUT2D eigenvalue weighted by Crippen LogP contribution is -2.44. The molecule has 4 aromatic rings. The standard InChI is InChI=1S/C29H31ClN8S/c1-36-13-8-33-29(36)39-27-5-4-20(14-23(27)30)35-28-19(17-31)18-34-25-16-26(24(32)15-22(25)28)38-11-6-21(7-12-38)37-9-2-3-10-37/h4-5,8,13-16,18,21H,2-3,6-7,9-12,32H2,1H3,(H,34,35). The van der Waals surface area contributed by atoms with Crippen LogP contribution in [-0.2, 0) is 7.05 Å². The van der Waals surface area contributed by atoms with Gasteiger partial charge in [0.1, 0.15) is 6.07 Å². The fourth-order valence-corrected chi connectivity index (χ4v) is 6.77. The molecule has 4 heterocycles. The van der Waals surface area contributed by atoms with Gasteiger partial charge in [-0.1, -0.05) is 23.4 Å². The highest BCUT2D eigenvalue weighted by Gasteiger charge is 2.27. The number of nitriles is 1. The quantitative estimate of drug-likeness (QED) is 0.277. The molecule has 200 valence electrons. The summed E-state index contributed by atoms with van der Waals surface area (Å²) < 4.78 is 1.95. The van der Waals surface area contributed by atoms with Crippen LogP contribution in [0.4, 0.5) is 22.7 Å². The highest BCUT2D eigenvalue weighted by molar-refractivity contribution is 7.99. The molecule has 2 saturated heterocycles. The molecule has 6 rings (SSSR count). The number of nitrogen functional groups attached to an aromatic ring is 1. The predicted octanol–water partition coefficient (Wildman–Crippen LogP) is 6.03. The molecule has 8 nitrogen and oxygen atoms in total. The van der Waals surface area contributed by atoms with Crippen molar-refractivity contribution in [3.05, 3.63) is 59.5 Å². The molecule has 3 N–H and O–H groups in total. The van der Waals surface area contributed by atoms with Gasteiger partial charge in [-0.3, -0.25) is 4.98 Å². The predicted molar refractivity (Wildman–Crippen MR) is 159 cm³/mol. The minimum atomic E-state index is 0.448. The summed E-state index contributed by atoms with van der Waals surface area (Å²) in [6.07, 6.45) is 10.2. The zero-order valence-corrected chi connectivity index (χ0v) is 23.5. The topological polar surface area (TPSA) is 99.0 Å². The Balaban J connectivity index is 1.25. The largest absolute Gasteiger partial charge is 0.397 e. The number of anilines is 4. The Labute approximate surface area is 237 Å². The Morgan fingerprint density at radius 2 is 1.90 bits per heavy atom. The zero-order valence-electron chi connectivity index (χ0n) is 21.9. The van der Waals surface area contributed by atoms with E-state index in [0.29, 0.717) is 28.0 Å². The van der Waals surface area contributed by atoms with Gasteiger partial charge in [-0.2, -0.15) is 5.26 Å². The summed E-state index contributed by atoms with van der Waals surface area (Å²) in [5, 5.41) is 15.5. The van der Waals surface area contributed by atoms with Crippen molar-refractivity contribution >= 4 is 57.0 Å². The number of halogens is 1. The van der Waals surface area contributed by atoms with E-state index in [0.717, 1.165) is 58.3 Å². The van der Waals surface area contributed by atoms with Crippen molar-refractivity contribution in [2.75, 3.05) is 42.1 Å². The second-order valence-corrected chi connectivity index (χ2v) is 11.7. The van der Waals surface area contributed by atoms with E-state index in [1.54, 1.807) is 12.4 Å². The molecule has 0 bridgehead atoms. The van der Waals surface area contributed by atoms with E-state index in [1.165, 1.54) is 37.7 Å². The second kappa shape index (κ2) is 11.0. The van der Waals surface area contributed by atoms with Crippen LogP contribution in [0, 0.1) is 11.3 Å². The van der Waals surface area contributed by atoms with Crippen LogP contribution in [0.3, 0.4) is 0 Å². The number of nitrogens with one attached hydrogen (secondary N) is 1. The number of hydrogen-bond acceptors (Lipinski definition) is 8. The van der Waals surface area contributed by atoms with Crippen LogP contribution in [-0.4, -0.2) is 51.7 Å². The van der Waals surface area contributed by atoms with E-state index < -0.39 is 0 Å². The van der Waals surface area contributed by atoms with Gasteiger partial charge in [-0.25, -0.2) is 4.98 Å². The third-order valence-corrected chi connectivity index (χ3v) is 9.36. The van der Waals surface area contributed by atoms with Crippen molar-refractivity contribution in [3.63, 3.8) is 0 Å². The molecule has 0 saturated carbocycles. The number of imidazole rings is 1. The molecule has 0 spiro atoms. The minimum Gasteiger partial charge on any atom is -0.397 e. The Hall–Kier alpha value is -3.45. The number of fused-ring (bicyclic) bond motifs is 1. The zero-order chi connectivity index (χ0) is 26.9. The number of piperidine rings is 1. The third-order valence-electron chi connectivity index (χ3n) is 7.78. The van der Waals surface area contributed by atoms with Gasteiger partial charge in [-0.05, 0) is 69.1 Å². The maximum atomic E-state index is 9.85. The molecule has 2 aromatic carbocycles. The minimum absolute atomic E-state index is 0.448. The molecule has 0 radical (unpaired) electrons. The van der Waals surface area contributed by atoms with Gasteiger partial charge in [0.15, 0.2) is 5.16 Å². The summed E-state index contributed by atoms with van der Waals surface area (Å²) in [5.41, 5.74) is 11.0. The Morgan fingerprint density at radius 1 is 1.10 bits per heavy atom. The first-order chi connectivity index (χ1) is 19.0. The number of nitrogens with two attached hydrogens (primary N) is 1. The van der Waals surface area contributed by atoms with Gasteiger partial charge in [-0.15, -0.1) is 0 Å². The van der Waals surface area contributed by atoms with Gasteiger partial charge in [0, 0.05) is 60.7 Å². The maximum absolute atomic E-state index is 9.85. The maximum Gasteiger partial charge on any atom is 0.172 e. The van der Waals surface area contributed by atoms with E-state index in [-0.39, 0.29) is 0 Å². The summed E-state index contributed by atoms with van der Waals surface area (Å²) in [6, 6.07) is 12.7. The SMILES string of the molecule is Cn1ccnc1Sc1ccc(Nc2c(C#N)cnc3cc(N4CCC(N5CCCC5)CC4)c(N)cc23)cc1Cl. The number of benzene rings is 2. The van der Waals surface area contributed by atoms with Crippen LogP contribution < -0.4 is 16.0 Å². The van der Waals surface area contributed by atoms with Gasteiger partial charge in [0.25, 0.3) is 0 Å². The molecular formula is C29H31ClN8S. The molecule has 2 fully saturated rings. The van der Waals surface area contributed by atoms with Crippen molar-refractivity contribution in [2.45, 2.75) is 41.8 Å². The lowest BCUT2D eigenvalue weighted by molar-refractivity contribution is 0.208. The lowest BCUT2D eigenvalue weighted by Gasteiger charge is -2.38. The van der Waals surface area contributed by atoms with E-state index >= 15 is 0 Å². The van der Waals surface area contributed by atoms with Crippen molar-refractivity contribution in [1.82, 2.24) is 19.4 Å². The molecule has 0 atom stereocenters. The van der Waals surface area contributed by atoms with Crippen LogP contribution in [0.25, 0.3) is 10.9 Å². The summed E-state index contributed by atoms with van der Waals surface area (Å²) >= 11 is 8.14. The van der Waals surface area contributed by atoms with E-state index in [2.05, 4.69) is 37.2 Å². The third kappa shape index (κ3) is 5.24. The highest BCUT2D eigenvalue weighted by Crippen LogP contribution is 2.38. The number of nitrogens with zero attached hydrogens (tertiary/aromatic N) is 6. The van der Waals surface area contributed by atoms with E-state index in [9.17, 15) is 5.26 Å². The monoisotopic (exact) mass is 558 g/mol. The molecule has 0 unspecified atom stereocenters. The van der Waals surface area contributed by atoms with Crippen molar-refractivity contribution in [1.29, 1.82) is 5.26 Å². The van der Waals surface area contributed by atoms with Crippen LogP contribution in [0.5, 0.6) is 0 Å². The first-order valence-corrected chi connectivity index (χ1v) is 14.5. The fraction of sp³-hybridized carbons (Fsp3) is 0.345.